The predicted octanol–water partition coefficient (Wildman–Crippen LogP) is 1.74. The molecule has 4 nitrogen and oxygen atoms in total. The van der Waals surface area contributed by atoms with E-state index in [-0.39, 0.29) is 5.82 Å². The van der Waals surface area contributed by atoms with Gasteiger partial charge in [-0.15, -0.1) is 0 Å². The average molecular weight is 233 g/mol. The number of aromatic nitrogens is 2. The van der Waals surface area contributed by atoms with Gasteiger partial charge in [-0.2, -0.15) is 5.10 Å². The van der Waals surface area contributed by atoms with Crippen LogP contribution in [0.25, 0.3) is 11.3 Å². The Bertz CT molecular complexity index is 572. The standard InChI is InChI=1S/C12H12FN3O/c1-16-12(14)6-10(15-16)8-4-7-2-3-17-11(7)5-9(8)13/h4-6H,2-3,14H2,1H3. The van der Waals surface area contributed by atoms with Crippen LogP contribution >= 0.6 is 0 Å². The number of fused-ring (bicyclic) bond motifs is 1. The molecule has 17 heavy (non-hydrogen) atoms. The van der Waals surface area contributed by atoms with Gasteiger partial charge in [0.25, 0.3) is 0 Å². The number of nitrogens with zero attached hydrogens (tertiary/aromatic N) is 2. The number of rotatable bonds is 1. The monoisotopic (exact) mass is 233 g/mol. The minimum absolute atomic E-state index is 0.330. The largest absolute Gasteiger partial charge is 0.493 e. The summed E-state index contributed by atoms with van der Waals surface area (Å²) in [6.07, 6.45) is 0.810. The number of halogens is 1. The molecule has 0 saturated carbocycles. The summed E-state index contributed by atoms with van der Waals surface area (Å²) in [5.74, 6) is 0.815. The lowest BCUT2D eigenvalue weighted by molar-refractivity contribution is 0.355. The molecule has 0 saturated heterocycles. The van der Waals surface area contributed by atoms with Gasteiger partial charge >= 0.3 is 0 Å². The van der Waals surface area contributed by atoms with E-state index in [1.54, 1.807) is 19.2 Å². The molecule has 1 aliphatic rings. The smallest absolute Gasteiger partial charge is 0.136 e. The molecule has 0 unspecified atom stereocenters. The first-order valence-corrected chi connectivity index (χ1v) is 5.40. The van der Waals surface area contributed by atoms with Gasteiger partial charge in [0.05, 0.1) is 12.3 Å². The Balaban J connectivity index is 2.14. The van der Waals surface area contributed by atoms with Crippen molar-refractivity contribution < 1.29 is 9.13 Å². The zero-order valence-corrected chi connectivity index (χ0v) is 9.40. The summed E-state index contributed by atoms with van der Waals surface area (Å²) in [6, 6.07) is 4.88. The summed E-state index contributed by atoms with van der Waals surface area (Å²) in [6.45, 7) is 0.614. The van der Waals surface area contributed by atoms with Crippen molar-refractivity contribution in [3.05, 3.63) is 29.6 Å². The van der Waals surface area contributed by atoms with Crippen LogP contribution in [0.1, 0.15) is 5.56 Å². The average Bonchev–Trinajstić information content (AvgIpc) is 2.85. The molecule has 2 N–H and O–H groups in total. The van der Waals surface area contributed by atoms with Gasteiger partial charge in [0.15, 0.2) is 0 Å². The van der Waals surface area contributed by atoms with E-state index in [9.17, 15) is 4.39 Å². The van der Waals surface area contributed by atoms with Crippen LogP contribution in [0.15, 0.2) is 18.2 Å². The SMILES string of the molecule is Cn1nc(-c2cc3c(cc2F)OCC3)cc1N. The van der Waals surface area contributed by atoms with E-state index in [1.807, 2.05) is 0 Å². The van der Waals surface area contributed by atoms with Gasteiger partial charge < -0.3 is 10.5 Å². The first kappa shape index (κ1) is 10.1. The molecule has 0 fully saturated rings. The highest BCUT2D eigenvalue weighted by Crippen LogP contribution is 2.32. The second-order valence-corrected chi connectivity index (χ2v) is 4.12. The van der Waals surface area contributed by atoms with E-state index in [4.69, 9.17) is 10.5 Å². The molecule has 0 amide bonds. The van der Waals surface area contributed by atoms with Gasteiger partial charge in [-0.05, 0) is 11.6 Å². The molecule has 1 aromatic heterocycles. The van der Waals surface area contributed by atoms with Crippen LogP contribution < -0.4 is 10.5 Å². The Kier molecular flexibility index (Phi) is 2.07. The van der Waals surface area contributed by atoms with Crippen molar-refractivity contribution in [2.75, 3.05) is 12.3 Å². The van der Waals surface area contributed by atoms with Crippen molar-refractivity contribution in [3.8, 4) is 17.0 Å². The molecule has 5 heteroatoms. The van der Waals surface area contributed by atoms with E-state index in [2.05, 4.69) is 5.10 Å². The number of hydrogen-bond donors (Lipinski definition) is 1. The van der Waals surface area contributed by atoms with Gasteiger partial charge in [-0.25, -0.2) is 4.39 Å². The second-order valence-electron chi connectivity index (χ2n) is 4.12. The van der Waals surface area contributed by atoms with Crippen LogP contribution in [0.3, 0.4) is 0 Å². The second kappa shape index (κ2) is 3.48. The molecule has 0 atom stereocenters. The maximum Gasteiger partial charge on any atom is 0.136 e. The van der Waals surface area contributed by atoms with Gasteiger partial charge in [-0.3, -0.25) is 4.68 Å². The van der Waals surface area contributed by atoms with Crippen molar-refractivity contribution >= 4 is 5.82 Å². The molecule has 1 aromatic carbocycles. The Morgan fingerprint density at radius 3 is 2.94 bits per heavy atom. The van der Waals surface area contributed by atoms with Crippen LogP contribution in [-0.2, 0) is 13.5 Å². The van der Waals surface area contributed by atoms with Crippen LogP contribution in [0.2, 0.25) is 0 Å². The molecule has 2 heterocycles. The minimum Gasteiger partial charge on any atom is -0.493 e. The lowest BCUT2D eigenvalue weighted by atomic mass is 10.1. The maximum atomic E-state index is 13.9. The van der Waals surface area contributed by atoms with E-state index in [0.29, 0.717) is 29.4 Å². The third-order valence-corrected chi connectivity index (χ3v) is 2.97. The van der Waals surface area contributed by atoms with Crippen LogP contribution in [-0.4, -0.2) is 16.4 Å². The van der Waals surface area contributed by atoms with Crippen molar-refractivity contribution in [3.63, 3.8) is 0 Å². The summed E-state index contributed by atoms with van der Waals surface area (Å²) >= 11 is 0. The Hall–Kier alpha value is -2.04. The lowest BCUT2D eigenvalue weighted by Gasteiger charge is -2.03. The summed E-state index contributed by atoms with van der Waals surface area (Å²) in [4.78, 5) is 0. The number of ether oxygens (including phenoxy) is 1. The molecule has 0 radical (unpaired) electrons. The fraction of sp³-hybridized carbons (Fsp3) is 0.250. The summed E-state index contributed by atoms with van der Waals surface area (Å²) in [5, 5.41) is 4.18. The fourth-order valence-corrected chi connectivity index (χ4v) is 2.01. The normalized spacial score (nSPS) is 13.5. The van der Waals surface area contributed by atoms with Crippen molar-refractivity contribution in [1.82, 2.24) is 9.78 Å². The first-order chi connectivity index (χ1) is 8.15. The summed E-state index contributed by atoms with van der Waals surface area (Å²) < 4.78 is 20.7. The fourth-order valence-electron chi connectivity index (χ4n) is 2.01. The molecule has 0 spiro atoms. The lowest BCUT2D eigenvalue weighted by Crippen LogP contribution is -1.96. The van der Waals surface area contributed by atoms with Crippen LogP contribution in [0.5, 0.6) is 5.75 Å². The maximum absolute atomic E-state index is 13.9. The van der Waals surface area contributed by atoms with E-state index < -0.39 is 0 Å². The van der Waals surface area contributed by atoms with Gasteiger partial charge in [-0.1, -0.05) is 0 Å². The minimum atomic E-state index is -0.330. The highest BCUT2D eigenvalue weighted by Gasteiger charge is 2.18. The number of aryl methyl sites for hydroxylation is 1. The first-order valence-electron chi connectivity index (χ1n) is 5.40. The van der Waals surface area contributed by atoms with Gasteiger partial charge in [0.1, 0.15) is 17.4 Å². The molecule has 0 aliphatic carbocycles. The topological polar surface area (TPSA) is 53.1 Å². The molecular weight excluding hydrogens is 221 g/mol. The third kappa shape index (κ3) is 1.54. The quantitative estimate of drug-likeness (QED) is 0.816. The number of anilines is 1. The number of nitrogen functional groups attached to an aromatic ring is 1. The van der Waals surface area contributed by atoms with Crippen LogP contribution in [0.4, 0.5) is 10.2 Å². The van der Waals surface area contributed by atoms with E-state index in [0.717, 1.165) is 12.0 Å². The Morgan fingerprint density at radius 1 is 1.41 bits per heavy atom. The number of hydrogen-bond acceptors (Lipinski definition) is 3. The molecule has 0 bridgehead atoms. The van der Waals surface area contributed by atoms with Crippen molar-refractivity contribution in [1.29, 1.82) is 0 Å². The van der Waals surface area contributed by atoms with Gasteiger partial charge in [0.2, 0.25) is 0 Å². The van der Waals surface area contributed by atoms with Crippen molar-refractivity contribution in [2.24, 2.45) is 7.05 Å². The van der Waals surface area contributed by atoms with E-state index >= 15 is 0 Å². The van der Waals surface area contributed by atoms with Crippen LogP contribution in [0, 0.1) is 5.82 Å². The molecule has 88 valence electrons. The highest BCUT2D eigenvalue weighted by atomic mass is 19.1. The van der Waals surface area contributed by atoms with Crippen molar-refractivity contribution in [2.45, 2.75) is 6.42 Å². The molecule has 1 aliphatic heterocycles. The summed E-state index contributed by atoms with van der Waals surface area (Å²) in [5.41, 5.74) is 7.74. The Morgan fingerprint density at radius 2 is 2.24 bits per heavy atom. The summed E-state index contributed by atoms with van der Waals surface area (Å²) in [7, 11) is 1.73. The molecular formula is C12H12FN3O. The highest BCUT2D eigenvalue weighted by molar-refractivity contribution is 5.65. The Labute approximate surface area is 97.8 Å². The van der Waals surface area contributed by atoms with E-state index in [1.165, 1.54) is 10.7 Å². The molecule has 2 aromatic rings. The predicted molar refractivity (Wildman–Crippen MR) is 62.2 cm³/mol. The third-order valence-electron chi connectivity index (χ3n) is 2.97. The zero-order chi connectivity index (χ0) is 12.0. The molecule has 3 rings (SSSR count). The van der Waals surface area contributed by atoms with Gasteiger partial charge in [0, 0.05) is 31.2 Å². The number of benzene rings is 1. The zero-order valence-electron chi connectivity index (χ0n) is 9.40. The number of nitrogens with two attached hydrogens (primary N) is 1.